The van der Waals surface area contributed by atoms with E-state index in [9.17, 15) is 5.11 Å². The molecule has 0 spiro atoms. The van der Waals surface area contributed by atoms with Crippen LogP contribution in [0.5, 0.6) is 0 Å². The molecule has 1 aromatic heterocycles. The first-order valence-electron chi connectivity index (χ1n) is 5.35. The fraction of sp³-hybridized carbons (Fsp3) is 0.727. The van der Waals surface area contributed by atoms with Gasteiger partial charge in [-0.2, -0.15) is 0 Å². The number of methoxy groups -OCH3 is 1. The van der Waals surface area contributed by atoms with Crippen LogP contribution in [-0.2, 0) is 11.2 Å². The van der Waals surface area contributed by atoms with Crippen LogP contribution >= 0.6 is 11.3 Å². The lowest BCUT2D eigenvalue weighted by Crippen LogP contribution is -2.40. The summed E-state index contributed by atoms with van der Waals surface area (Å²) in [6, 6.07) is 0. The van der Waals surface area contributed by atoms with Gasteiger partial charge in [0.05, 0.1) is 16.7 Å². The molecule has 0 radical (unpaired) electrons. The molecule has 0 bridgehead atoms. The molecule has 1 heterocycles. The summed E-state index contributed by atoms with van der Waals surface area (Å²) >= 11 is 1.61. The molecule has 0 aliphatic heterocycles. The Bertz CT molecular complexity index is 302. The predicted molar refractivity (Wildman–Crippen MR) is 60.0 cm³/mol. The lowest BCUT2D eigenvalue weighted by atomic mass is 9.81. The van der Waals surface area contributed by atoms with E-state index in [0.29, 0.717) is 6.42 Å². The highest BCUT2D eigenvalue weighted by atomic mass is 32.1. The van der Waals surface area contributed by atoms with Crippen molar-refractivity contribution < 1.29 is 9.84 Å². The summed E-state index contributed by atoms with van der Waals surface area (Å²) in [5, 5.41) is 13.4. The minimum absolute atomic E-state index is 0.212. The van der Waals surface area contributed by atoms with Crippen LogP contribution < -0.4 is 0 Å². The van der Waals surface area contributed by atoms with Gasteiger partial charge in [-0.1, -0.05) is 0 Å². The maximum absolute atomic E-state index is 10.4. The molecule has 2 atom stereocenters. The standard InChI is InChI=1S/C11H17NO2S/c1-14-9-3-2-4-11(13,7-9)8-10-12-5-6-15-10/h5-6,9,13H,2-4,7-8H2,1H3. The maximum Gasteiger partial charge on any atom is 0.0953 e. The summed E-state index contributed by atoms with van der Waals surface area (Å²) in [6.45, 7) is 0. The van der Waals surface area contributed by atoms with Gasteiger partial charge >= 0.3 is 0 Å². The van der Waals surface area contributed by atoms with E-state index >= 15 is 0 Å². The van der Waals surface area contributed by atoms with Crippen molar-refractivity contribution in [1.82, 2.24) is 4.98 Å². The van der Waals surface area contributed by atoms with Gasteiger partial charge in [0.25, 0.3) is 0 Å². The molecule has 2 unspecified atom stereocenters. The van der Waals surface area contributed by atoms with Crippen molar-refractivity contribution in [2.75, 3.05) is 7.11 Å². The molecule has 1 aliphatic carbocycles. The number of thiazole rings is 1. The third kappa shape index (κ3) is 2.77. The molecule has 3 nitrogen and oxygen atoms in total. The number of rotatable bonds is 3. The lowest BCUT2D eigenvalue weighted by Gasteiger charge is -2.35. The van der Waals surface area contributed by atoms with Gasteiger partial charge < -0.3 is 9.84 Å². The summed E-state index contributed by atoms with van der Waals surface area (Å²) in [5.41, 5.74) is -0.600. The van der Waals surface area contributed by atoms with E-state index in [2.05, 4.69) is 4.98 Å². The zero-order valence-corrected chi connectivity index (χ0v) is 9.80. The van der Waals surface area contributed by atoms with Crippen LogP contribution in [0.4, 0.5) is 0 Å². The second kappa shape index (κ2) is 4.60. The van der Waals surface area contributed by atoms with Crippen LogP contribution in [0.1, 0.15) is 30.7 Å². The summed E-state index contributed by atoms with van der Waals surface area (Å²) < 4.78 is 5.33. The van der Waals surface area contributed by atoms with E-state index in [1.807, 2.05) is 5.38 Å². The topological polar surface area (TPSA) is 42.4 Å². The van der Waals surface area contributed by atoms with Crippen LogP contribution in [-0.4, -0.2) is 28.9 Å². The molecule has 15 heavy (non-hydrogen) atoms. The molecule has 0 saturated heterocycles. The third-order valence-electron chi connectivity index (χ3n) is 3.07. The largest absolute Gasteiger partial charge is 0.389 e. The van der Waals surface area contributed by atoms with Gasteiger partial charge in [0, 0.05) is 31.5 Å². The molecular weight excluding hydrogens is 210 g/mol. The zero-order valence-electron chi connectivity index (χ0n) is 8.98. The van der Waals surface area contributed by atoms with E-state index in [4.69, 9.17) is 4.74 Å². The third-order valence-corrected chi connectivity index (χ3v) is 3.85. The highest BCUT2D eigenvalue weighted by molar-refractivity contribution is 7.09. The number of aromatic nitrogens is 1. The first-order chi connectivity index (χ1) is 7.22. The van der Waals surface area contributed by atoms with Gasteiger partial charge in [0.1, 0.15) is 0 Å². The average molecular weight is 227 g/mol. The molecule has 0 amide bonds. The summed E-state index contributed by atoms with van der Waals surface area (Å²) in [6.07, 6.45) is 6.39. The number of hydrogen-bond acceptors (Lipinski definition) is 4. The first kappa shape index (κ1) is 11.0. The molecule has 0 aromatic carbocycles. The van der Waals surface area contributed by atoms with Crippen molar-refractivity contribution in [2.45, 2.75) is 43.8 Å². The van der Waals surface area contributed by atoms with E-state index < -0.39 is 5.60 Å². The second-order valence-electron chi connectivity index (χ2n) is 4.28. The molecule has 84 valence electrons. The van der Waals surface area contributed by atoms with Crippen LogP contribution in [0.15, 0.2) is 11.6 Å². The molecule has 1 saturated carbocycles. The van der Waals surface area contributed by atoms with E-state index in [1.54, 1.807) is 24.6 Å². The number of hydrogen-bond donors (Lipinski definition) is 1. The van der Waals surface area contributed by atoms with E-state index in [0.717, 1.165) is 30.7 Å². The van der Waals surface area contributed by atoms with Crippen molar-refractivity contribution in [3.63, 3.8) is 0 Å². The highest BCUT2D eigenvalue weighted by Crippen LogP contribution is 2.32. The minimum atomic E-state index is -0.600. The molecule has 1 N–H and O–H groups in total. The van der Waals surface area contributed by atoms with Crippen molar-refractivity contribution in [1.29, 1.82) is 0 Å². The Hall–Kier alpha value is -0.450. The lowest BCUT2D eigenvalue weighted by molar-refractivity contribution is -0.0581. The number of ether oxygens (including phenoxy) is 1. The Balaban J connectivity index is 1.99. The zero-order chi connectivity index (χ0) is 10.7. The second-order valence-corrected chi connectivity index (χ2v) is 5.26. The van der Waals surface area contributed by atoms with Crippen LogP contribution in [0.2, 0.25) is 0 Å². The Morgan fingerprint density at radius 3 is 3.27 bits per heavy atom. The molecule has 1 fully saturated rings. The summed E-state index contributed by atoms with van der Waals surface area (Å²) in [5.74, 6) is 0. The average Bonchev–Trinajstić information content (AvgIpc) is 2.69. The van der Waals surface area contributed by atoms with Gasteiger partial charge in [-0.25, -0.2) is 4.98 Å². The molecule has 1 aromatic rings. The number of aliphatic hydroxyl groups is 1. The minimum Gasteiger partial charge on any atom is -0.389 e. The quantitative estimate of drug-likeness (QED) is 0.859. The molecule has 1 aliphatic rings. The molecule has 2 rings (SSSR count). The Kier molecular flexibility index (Phi) is 3.38. The summed E-state index contributed by atoms with van der Waals surface area (Å²) in [4.78, 5) is 4.22. The van der Waals surface area contributed by atoms with Gasteiger partial charge in [0.2, 0.25) is 0 Å². The van der Waals surface area contributed by atoms with Crippen molar-refractivity contribution >= 4 is 11.3 Å². The fourth-order valence-corrected chi connectivity index (χ4v) is 3.02. The van der Waals surface area contributed by atoms with Crippen molar-refractivity contribution in [3.05, 3.63) is 16.6 Å². The smallest absolute Gasteiger partial charge is 0.0953 e. The fourth-order valence-electron chi connectivity index (χ4n) is 2.27. The monoisotopic (exact) mass is 227 g/mol. The first-order valence-corrected chi connectivity index (χ1v) is 6.23. The van der Waals surface area contributed by atoms with Gasteiger partial charge in [-0.3, -0.25) is 0 Å². The highest BCUT2D eigenvalue weighted by Gasteiger charge is 2.35. The Morgan fingerprint density at radius 2 is 2.60 bits per heavy atom. The van der Waals surface area contributed by atoms with Crippen molar-refractivity contribution in [3.8, 4) is 0 Å². The van der Waals surface area contributed by atoms with Gasteiger partial charge in [0.15, 0.2) is 0 Å². The number of nitrogens with zero attached hydrogens (tertiary/aromatic N) is 1. The molecule has 4 heteroatoms. The van der Waals surface area contributed by atoms with Crippen LogP contribution in [0.3, 0.4) is 0 Å². The normalized spacial score (nSPS) is 31.7. The van der Waals surface area contributed by atoms with Gasteiger partial charge in [-0.05, 0) is 19.3 Å². The van der Waals surface area contributed by atoms with Crippen LogP contribution in [0.25, 0.3) is 0 Å². The predicted octanol–water partition coefficient (Wildman–Crippen LogP) is 2.01. The van der Waals surface area contributed by atoms with E-state index in [1.165, 1.54) is 0 Å². The Labute approximate surface area is 94.1 Å². The molecular formula is C11H17NO2S. The SMILES string of the molecule is COC1CCCC(O)(Cc2nccs2)C1. The van der Waals surface area contributed by atoms with Crippen molar-refractivity contribution in [2.24, 2.45) is 0 Å². The Morgan fingerprint density at radius 1 is 1.73 bits per heavy atom. The van der Waals surface area contributed by atoms with Crippen LogP contribution in [0, 0.1) is 0 Å². The van der Waals surface area contributed by atoms with E-state index in [-0.39, 0.29) is 6.10 Å². The van der Waals surface area contributed by atoms with Gasteiger partial charge in [-0.15, -0.1) is 11.3 Å². The maximum atomic E-state index is 10.4. The summed E-state index contributed by atoms with van der Waals surface area (Å²) in [7, 11) is 1.72.